The van der Waals surface area contributed by atoms with E-state index in [1.54, 1.807) is 21.6 Å². The highest BCUT2D eigenvalue weighted by Crippen LogP contribution is 2.26. The molecule has 3 heterocycles. The van der Waals surface area contributed by atoms with Gasteiger partial charge >= 0.3 is 18.0 Å². The topological polar surface area (TPSA) is 93.2 Å². The second-order valence-corrected chi connectivity index (χ2v) is 5.93. The Kier molecular flexibility index (Phi) is 3.38. The van der Waals surface area contributed by atoms with E-state index >= 15 is 0 Å². The van der Waals surface area contributed by atoms with Gasteiger partial charge < -0.3 is 25.1 Å². The van der Waals surface area contributed by atoms with Crippen LogP contribution in [0.25, 0.3) is 0 Å². The molecule has 0 bridgehead atoms. The van der Waals surface area contributed by atoms with Crippen LogP contribution in [0.1, 0.15) is 13.3 Å². The number of aliphatic carboxylic acids is 1. The zero-order valence-corrected chi connectivity index (χ0v) is 12.0. The highest BCUT2D eigenvalue weighted by atomic mass is 16.4. The minimum Gasteiger partial charge on any atom is -0.481 e. The van der Waals surface area contributed by atoms with E-state index in [1.165, 1.54) is 0 Å². The highest BCUT2D eigenvalue weighted by Gasteiger charge is 2.42. The number of rotatable bonds is 1. The van der Waals surface area contributed by atoms with E-state index in [0.717, 1.165) is 0 Å². The number of piperazine rings is 1. The summed E-state index contributed by atoms with van der Waals surface area (Å²) in [5, 5.41) is 11.9. The smallest absolute Gasteiger partial charge is 0.320 e. The molecule has 0 spiro atoms. The molecule has 8 nitrogen and oxygen atoms in total. The molecule has 3 aliphatic heterocycles. The number of amides is 4. The van der Waals surface area contributed by atoms with Crippen molar-refractivity contribution in [3.63, 3.8) is 0 Å². The summed E-state index contributed by atoms with van der Waals surface area (Å²) in [5.74, 6) is -1.32. The van der Waals surface area contributed by atoms with E-state index in [1.807, 2.05) is 0 Å². The van der Waals surface area contributed by atoms with Gasteiger partial charge in [0.05, 0.1) is 12.0 Å². The van der Waals surface area contributed by atoms with E-state index in [2.05, 4.69) is 5.32 Å². The summed E-state index contributed by atoms with van der Waals surface area (Å²) in [6.07, 6.45) is 0.506. The summed E-state index contributed by atoms with van der Waals surface area (Å²) in [5.41, 5.74) is 0. The van der Waals surface area contributed by atoms with Crippen molar-refractivity contribution in [3.05, 3.63) is 0 Å². The van der Waals surface area contributed by atoms with Gasteiger partial charge in [-0.2, -0.15) is 0 Å². The predicted octanol–water partition coefficient (Wildman–Crippen LogP) is -0.389. The number of nitrogens with one attached hydrogen (secondary N) is 1. The van der Waals surface area contributed by atoms with Crippen LogP contribution >= 0.6 is 0 Å². The first-order valence-electron chi connectivity index (χ1n) is 7.32. The first-order valence-corrected chi connectivity index (χ1v) is 7.32. The van der Waals surface area contributed by atoms with Gasteiger partial charge in [0.25, 0.3) is 0 Å². The maximum Gasteiger partial charge on any atom is 0.320 e. The molecule has 3 saturated heterocycles. The summed E-state index contributed by atoms with van der Waals surface area (Å²) in [4.78, 5) is 40.4. The Labute approximate surface area is 122 Å². The summed E-state index contributed by atoms with van der Waals surface area (Å²) in [6, 6.07) is -0.419. The number of nitrogens with zero attached hydrogens (tertiary/aromatic N) is 3. The van der Waals surface area contributed by atoms with E-state index < -0.39 is 11.9 Å². The number of likely N-dealkylation sites (tertiary alicyclic amines) is 1. The molecule has 0 aromatic carbocycles. The number of urea groups is 2. The number of carbonyl (C=O) groups is 3. The molecule has 116 valence electrons. The van der Waals surface area contributed by atoms with Gasteiger partial charge in [0.15, 0.2) is 0 Å². The Hall–Kier alpha value is -1.99. The Morgan fingerprint density at radius 1 is 1.29 bits per heavy atom. The number of hydrogen-bond donors (Lipinski definition) is 2. The molecule has 3 unspecified atom stereocenters. The molecule has 3 aliphatic rings. The molecule has 0 aromatic rings. The van der Waals surface area contributed by atoms with Crippen LogP contribution in [0.15, 0.2) is 0 Å². The average molecular weight is 296 g/mol. The fourth-order valence-electron chi connectivity index (χ4n) is 3.50. The van der Waals surface area contributed by atoms with Crippen LogP contribution < -0.4 is 5.32 Å². The summed E-state index contributed by atoms with van der Waals surface area (Å²) in [7, 11) is 0. The van der Waals surface area contributed by atoms with Gasteiger partial charge in [-0.1, -0.05) is 0 Å². The Bertz CT molecular complexity index is 483. The molecular formula is C13H20N4O4. The first kappa shape index (κ1) is 14.0. The van der Waals surface area contributed by atoms with E-state index in [4.69, 9.17) is 5.11 Å². The SMILES string of the molecule is CC1C(C(=O)O)CCN1C(=O)N1CCN2C(=O)NCC2C1. The molecule has 3 rings (SSSR count). The molecule has 2 N–H and O–H groups in total. The van der Waals surface area contributed by atoms with Crippen LogP contribution in [0.3, 0.4) is 0 Å². The lowest BCUT2D eigenvalue weighted by molar-refractivity contribution is -0.142. The second-order valence-electron chi connectivity index (χ2n) is 5.93. The Morgan fingerprint density at radius 3 is 2.71 bits per heavy atom. The lowest BCUT2D eigenvalue weighted by atomic mass is 10.0. The molecule has 3 atom stereocenters. The van der Waals surface area contributed by atoms with Crippen molar-refractivity contribution < 1.29 is 19.5 Å². The minimum atomic E-state index is -0.840. The monoisotopic (exact) mass is 296 g/mol. The standard InChI is InChI=1S/C13H20N4O4/c1-8-10(11(18)19)2-3-16(8)13(21)15-4-5-17-9(7-15)6-14-12(17)20/h8-10H,2-7H2,1H3,(H,14,20)(H,18,19). The van der Waals surface area contributed by atoms with Crippen molar-refractivity contribution in [2.75, 3.05) is 32.7 Å². The van der Waals surface area contributed by atoms with Crippen LogP contribution in [0.5, 0.6) is 0 Å². The maximum atomic E-state index is 12.6. The number of carbonyl (C=O) groups excluding carboxylic acids is 2. The zero-order chi connectivity index (χ0) is 15.1. The highest BCUT2D eigenvalue weighted by molar-refractivity contribution is 5.80. The van der Waals surface area contributed by atoms with E-state index in [9.17, 15) is 14.4 Å². The van der Waals surface area contributed by atoms with Crippen molar-refractivity contribution in [1.82, 2.24) is 20.0 Å². The molecule has 8 heteroatoms. The Balaban J connectivity index is 1.64. The number of fused-ring (bicyclic) bond motifs is 1. The molecule has 3 fully saturated rings. The van der Waals surface area contributed by atoms with Crippen molar-refractivity contribution in [1.29, 1.82) is 0 Å². The molecule has 0 aliphatic carbocycles. The molecule has 0 aromatic heterocycles. The van der Waals surface area contributed by atoms with Crippen molar-refractivity contribution in [2.24, 2.45) is 5.92 Å². The van der Waals surface area contributed by atoms with Gasteiger partial charge in [-0.05, 0) is 13.3 Å². The predicted molar refractivity (Wildman–Crippen MR) is 72.8 cm³/mol. The molecule has 4 amide bonds. The van der Waals surface area contributed by atoms with Crippen molar-refractivity contribution >= 4 is 18.0 Å². The van der Waals surface area contributed by atoms with E-state index in [-0.39, 0.29) is 24.1 Å². The third kappa shape index (κ3) is 2.28. The van der Waals surface area contributed by atoms with Gasteiger partial charge in [0.1, 0.15) is 0 Å². The molecular weight excluding hydrogens is 276 g/mol. The van der Waals surface area contributed by atoms with Gasteiger partial charge in [-0.3, -0.25) is 4.79 Å². The number of carboxylic acid groups (broad SMARTS) is 1. The second kappa shape index (κ2) is 5.09. The van der Waals surface area contributed by atoms with Crippen LogP contribution in [0.4, 0.5) is 9.59 Å². The quantitative estimate of drug-likeness (QED) is 0.689. The van der Waals surface area contributed by atoms with Crippen LogP contribution in [-0.4, -0.2) is 82.6 Å². The minimum absolute atomic E-state index is 0.0309. The van der Waals surface area contributed by atoms with Gasteiger partial charge in [0, 0.05) is 38.8 Å². The van der Waals surface area contributed by atoms with Gasteiger partial charge in [-0.15, -0.1) is 0 Å². The van der Waals surface area contributed by atoms with Crippen LogP contribution in [0.2, 0.25) is 0 Å². The maximum absolute atomic E-state index is 12.6. The normalized spacial score (nSPS) is 32.1. The average Bonchev–Trinajstić information content (AvgIpc) is 3.01. The fraction of sp³-hybridized carbons (Fsp3) is 0.769. The lowest BCUT2D eigenvalue weighted by Gasteiger charge is -2.39. The molecule has 0 saturated carbocycles. The van der Waals surface area contributed by atoms with Gasteiger partial charge in [0.2, 0.25) is 0 Å². The number of hydrogen-bond acceptors (Lipinski definition) is 3. The third-order valence-corrected chi connectivity index (χ3v) is 4.82. The Morgan fingerprint density at radius 2 is 2.05 bits per heavy atom. The summed E-state index contributed by atoms with van der Waals surface area (Å²) >= 11 is 0. The van der Waals surface area contributed by atoms with Crippen molar-refractivity contribution in [3.8, 4) is 0 Å². The van der Waals surface area contributed by atoms with Gasteiger partial charge in [-0.25, -0.2) is 9.59 Å². The summed E-state index contributed by atoms with van der Waals surface area (Å²) in [6.45, 7) is 4.39. The fourth-order valence-corrected chi connectivity index (χ4v) is 3.50. The largest absolute Gasteiger partial charge is 0.481 e. The summed E-state index contributed by atoms with van der Waals surface area (Å²) < 4.78 is 0. The van der Waals surface area contributed by atoms with Crippen LogP contribution in [-0.2, 0) is 4.79 Å². The van der Waals surface area contributed by atoms with Crippen LogP contribution in [0, 0.1) is 5.92 Å². The molecule has 21 heavy (non-hydrogen) atoms. The first-order chi connectivity index (χ1) is 9.99. The molecule has 0 radical (unpaired) electrons. The number of carboxylic acids is 1. The lowest BCUT2D eigenvalue weighted by Crippen LogP contribution is -2.57. The van der Waals surface area contributed by atoms with E-state index in [0.29, 0.717) is 39.1 Å². The zero-order valence-electron chi connectivity index (χ0n) is 12.0. The third-order valence-electron chi connectivity index (χ3n) is 4.82. The van der Waals surface area contributed by atoms with Crippen molar-refractivity contribution in [2.45, 2.75) is 25.4 Å².